The van der Waals surface area contributed by atoms with Crippen molar-refractivity contribution in [2.75, 3.05) is 44.1 Å². The number of carbonyl (C=O) groups is 3. The van der Waals surface area contributed by atoms with Crippen molar-refractivity contribution in [3.63, 3.8) is 0 Å². The average Bonchev–Trinajstić information content (AvgIpc) is 3.16. The maximum atomic E-state index is 13.4. The van der Waals surface area contributed by atoms with Crippen LogP contribution in [-0.2, 0) is 36.7 Å². The maximum Gasteiger partial charge on any atom is 0.336 e. The number of fused-ring (bicyclic) bond motifs is 2. The zero-order chi connectivity index (χ0) is 37.4. The molecule has 5 aromatic rings. The molecule has 2 unspecified atom stereocenters. The Morgan fingerprint density at radius 3 is 1.77 bits per heavy atom. The molecule has 9 nitrogen and oxygen atoms in total. The molecule has 3 N–H and O–H groups in total. The summed E-state index contributed by atoms with van der Waals surface area (Å²) >= 11 is 0. The van der Waals surface area contributed by atoms with Gasteiger partial charge in [-0.15, -0.1) is 0 Å². The number of carboxylic acid groups (broad SMARTS) is 1. The summed E-state index contributed by atoms with van der Waals surface area (Å²) in [5.74, 6) is -2.48. The number of amides is 2. The first-order valence-corrected chi connectivity index (χ1v) is 18.5. The fourth-order valence-corrected chi connectivity index (χ4v) is 6.34. The van der Waals surface area contributed by atoms with Gasteiger partial charge in [-0.3, -0.25) is 9.59 Å². The van der Waals surface area contributed by atoms with Gasteiger partial charge in [-0.25, -0.2) is 4.79 Å². The van der Waals surface area contributed by atoms with E-state index in [9.17, 15) is 19.5 Å². The van der Waals surface area contributed by atoms with Gasteiger partial charge in [-0.1, -0.05) is 97.8 Å². The number of hydrogen-bond acceptors (Lipinski definition) is 6. The Hall–Kier alpha value is -5.25. The fraction of sp³-hybridized carbons (Fsp3) is 0.341. The molecule has 0 radical (unpaired) electrons. The number of hydrogen-bond donors (Lipinski definition) is 3. The monoisotopic (exact) mass is 717 g/mol. The number of unbranched alkanes of at least 4 members (excludes halogenated alkanes) is 4. The summed E-state index contributed by atoms with van der Waals surface area (Å²) < 4.78 is 11.5. The quantitative estimate of drug-likeness (QED) is 0.0664. The lowest BCUT2D eigenvalue weighted by Crippen LogP contribution is -2.49. The van der Waals surface area contributed by atoms with Crippen LogP contribution in [0.4, 0.5) is 11.4 Å². The van der Waals surface area contributed by atoms with E-state index in [1.807, 2.05) is 55.4 Å². The smallest absolute Gasteiger partial charge is 0.336 e. The van der Waals surface area contributed by atoms with Gasteiger partial charge in [0.25, 0.3) is 5.91 Å². The van der Waals surface area contributed by atoms with E-state index in [1.54, 1.807) is 12.1 Å². The lowest BCUT2D eigenvalue weighted by Gasteiger charge is -2.24. The maximum absolute atomic E-state index is 13.4. The second-order valence-electron chi connectivity index (χ2n) is 13.6. The third-order valence-corrected chi connectivity index (χ3v) is 9.31. The minimum absolute atomic E-state index is 0.180. The molecule has 278 valence electrons. The van der Waals surface area contributed by atoms with Crippen LogP contribution in [0.5, 0.6) is 0 Å². The first-order chi connectivity index (χ1) is 25.8. The number of benzene rings is 5. The molecule has 0 spiro atoms. The Morgan fingerprint density at radius 2 is 1.21 bits per heavy atom. The normalized spacial score (nSPS) is 12.3. The average molecular weight is 718 g/mol. The van der Waals surface area contributed by atoms with Crippen LogP contribution in [0, 0.1) is 0 Å². The molecule has 2 amide bonds. The highest BCUT2D eigenvalue weighted by molar-refractivity contribution is 5.93. The number of carbonyl (C=O) groups excluding carboxylic acids is 2. The number of carboxylic acids is 1. The Labute approximate surface area is 312 Å². The van der Waals surface area contributed by atoms with Crippen LogP contribution < -0.4 is 15.5 Å². The summed E-state index contributed by atoms with van der Waals surface area (Å²) in [4.78, 5) is 40.5. The Morgan fingerprint density at radius 1 is 0.642 bits per heavy atom. The molecule has 0 bridgehead atoms. The van der Waals surface area contributed by atoms with E-state index in [-0.39, 0.29) is 6.61 Å². The molecular formula is C44H51N3O6. The lowest BCUT2D eigenvalue weighted by molar-refractivity contribution is -0.169. The standard InChI is InChI=1S/C44H51N3O6/c1-47(2)39-25-23-38(24-26-39)46-40(48)31-53-42(44(50)51)41(52-28-12-4-6-14-33-20-22-35-16-8-10-18-37(35)30-33)43(49)45-27-11-3-5-13-32-19-21-34-15-7-9-17-36(34)29-32/h7-10,15-26,29-30,41-42H,3-6,11-14,27-28,31H2,1-2H3,(H,45,49)(H,46,48)(H,50,51). The highest BCUT2D eigenvalue weighted by Gasteiger charge is 2.36. The second-order valence-corrected chi connectivity index (χ2v) is 13.6. The van der Waals surface area contributed by atoms with Gasteiger partial charge in [0.05, 0.1) is 0 Å². The van der Waals surface area contributed by atoms with Crippen LogP contribution in [0.25, 0.3) is 21.5 Å². The SMILES string of the molecule is CN(C)c1ccc(NC(=O)COC(C(=O)O)C(OCCCCCc2ccc3ccccc3c2)C(=O)NCCCCCc2ccc3ccccc3c2)cc1. The van der Waals surface area contributed by atoms with Gasteiger partial charge in [0.1, 0.15) is 6.61 Å². The largest absolute Gasteiger partial charge is 0.479 e. The van der Waals surface area contributed by atoms with Crippen molar-refractivity contribution in [1.29, 1.82) is 0 Å². The molecule has 5 aromatic carbocycles. The number of aryl methyl sites for hydroxylation is 2. The van der Waals surface area contributed by atoms with Crippen molar-refractivity contribution in [2.24, 2.45) is 0 Å². The van der Waals surface area contributed by atoms with Gasteiger partial charge in [0, 0.05) is 38.6 Å². The predicted molar refractivity (Wildman–Crippen MR) is 213 cm³/mol. The van der Waals surface area contributed by atoms with E-state index in [0.717, 1.165) is 50.6 Å². The molecule has 0 heterocycles. The number of nitrogens with one attached hydrogen (secondary N) is 2. The highest BCUT2D eigenvalue weighted by atomic mass is 16.6. The summed E-state index contributed by atoms with van der Waals surface area (Å²) in [5, 5.41) is 20.6. The Balaban J connectivity index is 1.11. The van der Waals surface area contributed by atoms with Crippen molar-refractivity contribution in [2.45, 2.75) is 63.6 Å². The summed E-state index contributed by atoms with van der Waals surface area (Å²) in [6.07, 6.45) is 3.74. The van der Waals surface area contributed by atoms with E-state index in [1.165, 1.54) is 32.7 Å². The predicted octanol–water partition coefficient (Wildman–Crippen LogP) is 7.79. The van der Waals surface area contributed by atoms with Crippen LogP contribution in [0.15, 0.2) is 109 Å². The zero-order valence-corrected chi connectivity index (χ0v) is 30.8. The summed E-state index contributed by atoms with van der Waals surface area (Å²) in [6, 6.07) is 36.8. The number of anilines is 2. The molecule has 0 fully saturated rings. The number of nitrogens with zero attached hydrogens (tertiary/aromatic N) is 1. The van der Waals surface area contributed by atoms with Crippen LogP contribution in [0.2, 0.25) is 0 Å². The zero-order valence-electron chi connectivity index (χ0n) is 30.8. The molecule has 2 atom stereocenters. The van der Waals surface area contributed by atoms with Gasteiger partial charge >= 0.3 is 5.97 Å². The fourth-order valence-electron chi connectivity index (χ4n) is 6.34. The molecule has 9 heteroatoms. The molecule has 0 saturated heterocycles. The van der Waals surface area contributed by atoms with Gasteiger partial charge in [-0.2, -0.15) is 0 Å². The Bertz CT molecular complexity index is 1940. The van der Waals surface area contributed by atoms with Crippen molar-refractivity contribution in [3.8, 4) is 0 Å². The molecule has 5 rings (SSSR count). The lowest BCUT2D eigenvalue weighted by atomic mass is 10.0. The van der Waals surface area contributed by atoms with Gasteiger partial charge in [0.2, 0.25) is 5.91 Å². The van der Waals surface area contributed by atoms with Crippen molar-refractivity contribution < 1.29 is 29.0 Å². The van der Waals surface area contributed by atoms with E-state index >= 15 is 0 Å². The molecule has 0 aliphatic heterocycles. The van der Waals surface area contributed by atoms with Crippen molar-refractivity contribution in [1.82, 2.24) is 5.32 Å². The van der Waals surface area contributed by atoms with Crippen LogP contribution in [-0.4, -0.2) is 69.0 Å². The molecule has 0 saturated carbocycles. The topological polar surface area (TPSA) is 117 Å². The van der Waals surface area contributed by atoms with Crippen molar-refractivity contribution in [3.05, 3.63) is 120 Å². The van der Waals surface area contributed by atoms with Gasteiger partial charge in [-0.05, 0) is 95.5 Å². The van der Waals surface area contributed by atoms with Crippen molar-refractivity contribution >= 4 is 50.7 Å². The first-order valence-electron chi connectivity index (χ1n) is 18.5. The molecule has 0 aliphatic carbocycles. The number of aliphatic carboxylic acids is 1. The van der Waals surface area contributed by atoms with E-state index in [0.29, 0.717) is 18.7 Å². The summed E-state index contributed by atoms with van der Waals surface area (Å²) in [6.45, 7) is -0.00284. The second kappa shape index (κ2) is 20.1. The summed E-state index contributed by atoms with van der Waals surface area (Å²) in [5.41, 5.74) is 4.04. The van der Waals surface area contributed by atoms with E-state index in [2.05, 4.69) is 71.3 Å². The van der Waals surface area contributed by atoms with Gasteiger partial charge < -0.3 is 30.1 Å². The van der Waals surface area contributed by atoms with Crippen LogP contribution in [0.1, 0.15) is 49.7 Å². The molecular weight excluding hydrogens is 666 g/mol. The van der Waals surface area contributed by atoms with E-state index in [4.69, 9.17) is 9.47 Å². The highest BCUT2D eigenvalue weighted by Crippen LogP contribution is 2.20. The third kappa shape index (κ3) is 12.2. The van der Waals surface area contributed by atoms with E-state index < -0.39 is 36.6 Å². The van der Waals surface area contributed by atoms with Crippen LogP contribution in [0.3, 0.4) is 0 Å². The minimum Gasteiger partial charge on any atom is -0.479 e. The molecule has 53 heavy (non-hydrogen) atoms. The minimum atomic E-state index is -1.66. The molecule has 0 aliphatic rings. The number of rotatable bonds is 21. The third-order valence-electron chi connectivity index (χ3n) is 9.31. The summed E-state index contributed by atoms with van der Waals surface area (Å²) in [7, 11) is 3.84. The Kier molecular flexibility index (Phi) is 14.8. The first kappa shape index (κ1) is 39.0. The van der Waals surface area contributed by atoms with Crippen LogP contribution >= 0.6 is 0 Å². The van der Waals surface area contributed by atoms with Gasteiger partial charge in [0.15, 0.2) is 12.2 Å². The number of ether oxygens (including phenoxy) is 2. The molecule has 0 aromatic heterocycles.